The number of aromatic carboxylic acids is 1. The first kappa shape index (κ1) is 26.4. The van der Waals surface area contributed by atoms with Gasteiger partial charge in [-0.1, -0.05) is 0 Å². The zero-order chi connectivity index (χ0) is 25.2. The number of hydrogen-bond acceptors (Lipinski definition) is 7. The second kappa shape index (κ2) is 10.6. The number of hydrogen-bond donors (Lipinski definition) is 5. The van der Waals surface area contributed by atoms with E-state index in [-0.39, 0.29) is 29.2 Å². The van der Waals surface area contributed by atoms with Crippen molar-refractivity contribution in [2.75, 3.05) is 37.6 Å². The Morgan fingerprint density at radius 3 is 2.29 bits per heavy atom. The number of carboxylic acids is 1. The second-order valence-electron chi connectivity index (χ2n) is 8.08. The van der Waals surface area contributed by atoms with E-state index >= 15 is 0 Å². The van der Waals surface area contributed by atoms with Gasteiger partial charge in [0.1, 0.15) is 11.4 Å². The van der Waals surface area contributed by atoms with Gasteiger partial charge in [-0.3, -0.25) is 14.3 Å². The first-order valence-corrected chi connectivity index (χ1v) is 12.7. The number of carboxylic acid groups (broad SMARTS) is 1. The summed E-state index contributed by atoms with van der Waals surface area (Å²) in [5.41, 5.74) is -0.349. The number of benzene rings is 1. The average molecular weight is 519 g/mol. The summed E-state index contributed by atoms with van der Waals surface area (Å²) in [6.45, 7) is 1.26. The Morgan fingerprint density at radius 2 is 1.79 bits per heavy atom. The molecule has 1 aliphatic heterocycles. The van der Waals surface area contributed by atoms with Crippen molar-refractivity contribution in [2.24, 2.45) is 0 Å². The molecule has 186 valence electrons. The summed E-state index contributed by atoms with van der Waals surface area (Å²) in [6, 6.07) is 2.73. The standard InChI is InChI=1S/C19H23FN3O7P.HO2P/c20-14-7-12-15(23(11-1-2-11)9-13(18(12)25)19(26)27)8-16(14)22-5-3-21(4-6-22)10-17(24)31(28,29)30;1-3-2/h7-9,11,17,24H,1-6,10H2,(H,26,27)(H2,28,29,30);(H,1,2). The molecule has 1 aromatic carbocycles. The Labute approximate surface area is 194 Å². The Morgan fingerprint density at radius 1 is 1.21 bits per heavy atom. The third-order valence-corrected chi connectivity index (χ3v) is 6.73. The average Bonchev–Trinajstić information content (AvgIpc) is 3.59. The van der Waals surface area contributed by atoms with Crippen LogP contribution in [0.1, 0.15) is 29.2 Å². The van der Waals surface area contributed by atoms with Gasteiger partial charge < -0.3 is 34.4 Å². The van der Waals surface area contributed by atoms with E-state index in [2.05, 4.69) is 0 Å². The Balaban J connectivity index is 0.00000103. The first-order valence-electron chi connectivity index (χ1n) is 10.3. The minimum atomic E-state index is -4.59. The van der Waals surface area contributed by atoms with Crippen LogP contribution in [0, 0.1) is 5.82 Å². The van der Waals surface area contributed by atoms with E-state index in [0.29, 0.717) is 31.7 Å². The van der Waals surface area contributed by atoms with Gasteiger partial charge in [0.2, 0.25) is 5.43 Å². The highest BCUT2D eigenvalue weighted by atomic mass is 31.2. The second-order valence-corrected chi connectivity index (χ2v) is 10.0. The maximum atomic E-state index is 14.9. The van der Waals surface area contributed by atoms with Gasteiger partial charge in [-0.05, 0) is 25.0 Å². The van der Waals surface area contributed by atoms with Crippen LogP contribution in [0.4, 0.5) is 10.1 Å². The van der Waals surface area contributed by atoms with E-state index < -0.39 is 39.3 Å². The summed E-state index contributed by atoms with van der Waals surface area (Å²) >= 11 is 0. The molecular formula is C19H24FN3O9P2. The molecule has 0 amide bonds. The summed E-state index contributed by atoms with van der Waals surface area (Å²) in [6.07, 6.45) is 3.03. The van der Waals surface area contributed by atoms with Gasteiger partial charge in [-0.15, -0.1) is 0 Å². The number of piperazine rings is 1. The lowest BCUT2D eigenvalue weighted by atomic mass is 10.1. The number of halogens is 1. The zero-order valence-electron chi connectivity index (χ0n) is 17.8. The Bertz CT molecular complexity index is 1190. The topological polar surface area (TPSA) is 181 Å². The smallest absolute Gasteiger partial charge is 0.355 e. The number of fused-ring (bicyclic) bond motifs is 1. The van der Waals surface area contributed by atoms with Crippen LogP contribution in [-0.4, -0.2) is 78.9 Å². The number of pyridine rings is 1. The van der Waals surface area contributed by atoms with Crippen LogP contribution in [0.5, 0.6) is 0 Å². The van der Waals surface area contributed by atoms with E-state index in [4.69, 9.17) is 19.2 Å². The van der Waals surface area contributed by atoms with Crippen molar-refractivity contribution in [3.05, 3.63) is 39.9 Å². The van der Waals surface area contributed by atoms with Gasteiger partial charge in [0, 0.05) is 50.3 Å². The van der Waals surface area contributed by atoms with E-state index in [1.54, 1.807) is 20.4 Å². The molecule has 2 aliphatic rings. The molecule has 0 bridgehead atoms. The Hall–Kier alpha value is -2.24. The van der Waals surface area contributed by atoms with E-state index in [1.807, 2.05) is 0 Å². The highest BCUT2D eigenvalue weighted by molar-refractivity contribution is 7.52. The molecular weight excluding hydrogens is 495 g/mol. The summed E-state index contributed by atoms with van der Waals surface area (Å²) in [5, 5.41) is 19.0. The van der Waals surface area contributed by atoms with Gasteiger partial charge in [-0.2, -0.15) is 0 Å². The van der Waals surface area contributed by atoms with Crippen LogP contribution in [0.2, 0.25) is 0 Å². The van der Waals surface area contributed by atoms with Crippen molar-refractivity contribution in [1.82, 2.24) is 9.47 Å². The summed E-state index contributed by atoms with van der Waals surface area (Å²) < 4.78 is 36.3. The number of aromatic nitrogens is 1. The quantitative estimate of drug-likeness (QED) is 0.343. The monoisotopic (exact) mass is 519 g/mol. The fraction of sp³-hybridized carbons (Fsp3) is 0.474. The van der Waals surface area contributed by atoms with E-state index in [9.17, 15) is 28.8 Å². The lowest BCUT2D eigenvalue weighted by Gasteiger charge is -2.37. The number of β-amino-alcohol motifs (C(OH)–C–C–N with tert-alkyl or cyclic N) is 1. The Kier molecular flexibility index (Phi) is 8.20. The molecule has 1 saturated heterocycles. The molecule has 1 aromatic heterocycles. The number of nitrogens with zero attached hydrogens (tertiary/aromatic N) is 3. The number of anilines is 1. The van der Waals surface area contributed by atoms with E-state index in [0.717, 1.165) is 18.9 Å². The van der Waals surface area contributed by atoms with Crippen LogP contribution in [0.15, 0.2) is 23.1 Å². The molecule has 5 N–H and O–H groups in total. The minimum absolute atomic E-state index is 0.0245. The van der Waals surface area contributed by atoms with Gasteiger partial charge in [0.05, 0.1) is 11.2 Å². The molecule has 34 heavy (non-hydrogen) atoms. The number of rotatable bonds is 6. The number of aliphatic hydroxyl groups is 1. The fourth-order valence-electron chi connectivity index (χ4n) is 3.92. The van der Waals surface area contributed by atoms with Crippen molar-refractivity contribution < 1.29 is 43.2 Å². The van der Waals surface area contributed by atoms with Crippen molar-refractivity contribution in [3.8, 4) is 0 Å². The van der Waals surface area contributed by atoms with Crippen LogP contribution in [0.25, 0.3) is 10.9 Å². The van der Waals surface area contributed by atoms with Crippen LogP contribution < -0.4 is 10.3 Å². The maximum Gasteiger partial charge on any atom is 0.355 e. The fourth-order valence-corrected chi connectivity index (χ4v) is 4.36. The van der Waals surface area contributed by atoms with Crippen molar-refractivity contribution in [3.63, 3.8) is 0 Å². The predicted molar refractivity (Wildman–Crippen MR) is 120 cm³/mol. The SMILES string of the molecule is O=C(O)c1cn(C2CC2)c2cc(N3CCN(CC(O)P(=O)(O)O)CC3)c(F)cc2c1=O.O=PO. The molecule has 0 radical (unpaired) electrons. The minimum Gasteiger partial charge on any atom is -0.477 e. The molecule has 12 nitrogen and oxygen atoms in total. The lowest BCUT2D eigenvalue weighted by molar-refractivity contribution is 0.0694. The highest BCUT2D eigenvalue weighted by Crippen LogP contribution is 2.40. The molecule has 1 aliphatic carbocycles. The molecule has 15 heteroatoms. The number of carbonyl (C=O) groups is 1. The molecule has 0 spiro atoms. The zero-order valence-corrected chi connectivity index (χ0v) is 19.6. The van der Waals surface area contributed by atoms with Crippen LogP contribution >= 0.6 is 16.3 Å². The van der Waals surface area contributed by atoms with Crippen LogP contribution in [-0.2, 0) is 9.13 Å². The van der Waals surface area contributed by atoms with Gasteiger partial charge in [0.15, 0.2) is 5.85 Å². The molecule has 4 rings (SSSR count). The third kappa shape index (κ3) is 5.87. The number of aliphatic hydroxyl groups excluding tert-OH is 1. The third-order valence-electron chi connectivity index (χ3n) is 5.79. The maximum absolute atomic E-state index is 14.9. The molecule has 2 fully saturated rings. The summed E-state index contributed by atoms with van der Waals surface area (Å²) in [4.78, 5) is 52.5. The van der Waals surface area contributed by atoms with Crippen molar-refractivity contribution in [1.29, 1.82) is 0 Å². The van der Waals surface area contributed by atoms with Gasteiger partial charge >= 0.3 is 22.3 Å². The summed E-state index contributed by atoms with van der Waals surface area (Å²) in [7, 11) is -5.42. The highest BCUT2D eigenvalue weighted by Gasteiger charge is 2.31. The first-order chi connectivity index (χ1) is 16.0. The summed E-state index contributed by atoms with van der Waals surface area (Å²) in [5.74, 6) is -3.76. The van der Waals surface area contributed by atoms with E-state index in [1.165, 1.54) is 6.20 Å². The van der Waals surface area contributed by atoms with Crippen LogP contribution in [0.3, 0.4) is 0 Å². The van der Waals surface area contributed by atoms with Crippen molar-refractivity contribution in [2.45, 2.75) is 24.7 Å². The largest absolute Gasteiger partial charge is 0.477 e. The lowest BCUT2D eigenvalue weighted by Crippen LogP contribution is -2.48. The molecule has 1 atom stereocenters. The molecule has 1 unspecified atom stereocenters. The molecule has 2 heterocycles. The normalized spacial score (nSPS) is 18.0. The van der Waals surface area contributed by atoms with Gasteiger partial charge in [-0.25, -0.2) is 13.8 Å². The molecule has 1 saturated carbocycles. The van der Waals surface area contributed by atoms with Gasteiger partial charge in [0.25, 0.3) is 0 Å². The molecule has 2 aromatic rings. The van der Waals surface area contributed by atoms with Crippen molar-refractivity contribution >= 4 is 38.8 Å². The predicted octanol–water partition coefficient (Wildman–Crippen LogP) is 0.977.